The average Bonchev–Trinajstić information content (AvgIpc) is 3.16. The number of hydrogen-bond donors (Lipinski definition) is 3. The molecule has 1 saturated carbocycles. The van der Waals surface area contributed by atoms with Crippen molar-refractivity contribution in [1.82, 2.24) is 10.2 Å². The van der Waals surface area contributed by atoms with Crippen molar-refractivity contribution in [1.29, 1.82) is 0 Å². The van der Waals surface area contributed by atoms with Gasteiger partial charge in [-0.15, -0.1) is 0 Å². The number of halogens is 1. The molecule has 4 N–H and O–H groups in total. The highest BCUT2D eigenvalue weighted by molar-refractivity contribution is 6.07. The van der Waals surface area contributed by atoms with Crippen LogP contribution in [0.2, 0.25) is 0 Å². The summed E-state index contributed by atoms with van der Waals surface area (Å²) in [6, 6.07) is 10.9. The Morgan fingerprint density at radius 1 is 0.946 bits per heavy atom. The molecule has 37 heavy (non-hydrogen) atoms. The maximum absolute atomic E-state index is 13.7. The Morgan fingerprint density at radius 2 is 1.70 bits per heavy atom. The van der Waals surface area contributed by atoms with E-state index in [4.69, 9.17) is 10.5 Å². The first-order valence-corrected chi connectivity index (χ1v) is 12.7. The number of amides is 3. The first-order valence-electron chi connectivity index (χ1n) is 12.7. The second-order valence-electron chi connectivity index (χ2n) is 9.58. The largest absolute Gasteiger partial charge is 0.453 e. The number of methoxy groups -OCH3 is 1. The van der Waals surface area contributed by atoms with Crippen molar-refractivity contribution in [3.05, 3.63) is 59.4 Å². The molecule has 2 aromatic rings. The summed E-state index contributed by atoms with van der Waals surface area (Å²) < 4.78 is 18.6. The molecule has 0 bridgehead atoms. The highest BCUT2D eigenvalue weighted by Gasteiger charge is 2.24. The van der Waals surface area contributed by atoms with E-state index < -0.39 is 11.7 Å². The van der Waals surface area contributed by atoms with Gasteiger partial charge in [-0.1, -0.05) is 6.07 Å². The van der Waals surface area contributed by atoms with Crippen LogP contribution in [0.5, 0.6) is 0 Å². The second kappa shape index (κ2) is 12.1. The van der Waals surface area contributed by atoms with E-state index >= 15 is 0 Å². The predicted molar refractivity (Wildman–Crippen MR) is 139 cm³/mol. The third-order valence-corrected chi connectivity index (χ3v) is 6.97. The van der Waals surface area contributed by atoms with Gasteiger partial charge in [0, 0.05) is 49.4 Å². The summed E-state index contributed by atoms with van der Waals surface area (Å²) in [5.74, 6) is -1.21. The molecule has 0 unspecified atom stereocenters. The summed E-state index contributed by atoms with van der Waals surface area (Å²) in [5.41, 5.74) is 7.74. The van der Waals surface area contributed by atoms with Gasteiger partial charge >= 0.3 is 6.09 Å². The number of carbonyl (C=O) groups is 3. The van der Waals surface area contributed by atoms with Crippen LogP contribution in [0.15, 0.2) is 42.5 Å². The number of nitrogens with two attached hydrogens (primary N) is 1. The fraction of sp³-hybridized carbons (Fsp3) is 0.444. The summed E-state index contributed by atoms with van der Waals surface area (Å²) in [5, 5.41) is 5.95. The zero-order valence-electron chi connectivity index (χ0n) is 21.0. The van der Waals surface area contributed by atoms with Crippen LogP contribution in [0.3, 0.4) is 0 Å². The number of rotatable bonds is 5. The van der Waals surface area contributed by atoms with Crippen molar-refractivity contribution in [3.63, 3.8) is 0 Å². The Morgan fingerprint density at radius 3 is 2.43 bits per heavy atom. The standard InChI is InChI=1S/C27H34FN5O4/c1-37-27(36)33-13-3-12-32(14-15-33)24-11-6-19(25(34)30-22-9-7-21(29)8-10-22)17-23(24)31-26(35)18-4-2-5-20(28)16-18/h2,4-6,11,16-17,21-22H,3,7-10,12-15,29H2,1H3,(H,30,34)(H,31,35). The van der Waals surface area contributed by atoms with E-state index in [-0.39, 0.29) is 29.6 Å². The SMILES string of the molecule is COC(=O)N1CCCN(c2ccc(C(=O)NC3CCC(N)CC3)cc2NC(=O)c2cccc(F)c2)CC1. The minimum absolute atomic E-state index is 0.0622. The van der Waals surface area contributed by atoms with E-state index in [1.54, 1.807) is 23.1 Å². The third kappa shape index (κ3) is 6.76. The summed E-state index contributed by atoms with van der Waals surface area (Å²) in [4.78, 5) is 41.8. The number of carbonyl (C=O) groups excluding carboxylic acids is 3. The van der Waals surface area contributed by atoms with Gasteiger partial charge in [0.2, 0.25) is 0 Å². The smallest absolute Gasteiger partial charge is 0.409 e. The molecule has 0 spiro atoms. The van der Waals surface area contributed by atoms with E-state index in [9.17, 15) is 18.8 Å². The van der Waals surface area contributed by atoms with Crippen LogP contribution in [0.25, 0.3) is 0 Å². The minimum Gasteiger partial charge on any atom is -0.453 e. The van der Waals surface area contributed by atoms with Crippen LogP contribution in [0.4, 0.5) is 20.6 Å². The van der Waals surface area contributed by atoms with Gasteiger partial charge in [0.1, 0.15) is 5.82 Å². The normalized spacial score (nSPS) is 20.1. The lowest BCUT2D eigenvalue weighted by molar-refractivity contribution is 0.0924. The van der Waals surface area contributed by atoms with Gasteiger partial charge in [-0.2, -0.15) is 0 Å². The maximum atomic E-state index is 13.7. The Kier molecular flexibility index (Phi) is 8.60. The van der Waals surface area contributed by atoms with Crippen LogP contribution < -0.4 is 21.3 Å². The van der Waals surface area contributed by atoms with Crippen LogP contribution in [0.1, 0.15) is 52.8 Å². The van der Waals surface area contributed by atoms with E-state index in [0.717, 1.165) is 31.4 Å². The molecule has 2 aliphatic rings. The Hall–Kier alpha value is -3.66. The van der Waals surface area contributed by atoms with Gasteiger partial charge < -0.3 is 30.9 Å². The highest BCUT2D eigenvalue weighted by atomic mass is 19.1. The first-order chi connectivity index (χ1) is 17.8. The molecule has 3 amide bonds. The van der Waals surface area contributed by atoms with Crippen molar-refractivity contribution < 1.29 is 23.5 Å². The van der Waals surface area contributed by atoms with Crippen LogP contribution in [-0.2, 0) is 4.74 Å². The molecule has 1 saturated heterocycles. The van der Waals surface area contributed by atoms with E-state index in [1.165, 1.54) is 31.4 Å². The predicted octanol–water partition coefficient (Wildman–Crippen LogP) is 3.36. The van der Waals surface area contributed by atoms with Gasteiger partial charge in [-0.25, -0.2) is 9.18 Å². The van der Waals surface area contributed by atoms with Gasteiger partial charge in [0.15, 0.2) is 0 Å². The lowest BCUT2D eigenvalue weighted by Crippen LogP contribution is -2.40. The molecule has 198 valence electrons. The van der Waals surface area contributed by atoms with Gasteiger partial charge in [0.05, 0.1) is 18.5 Å². The van der Waals surface area contributed by atoms with E-state index in [0.29, 0.717) is 43.9 Å². The lowest BCUT2D eigenvalue weighted by atomic mass is 9.91. The molecule has 0 aromatic heterocycles. The molecule has 1 heterocycles. The summed E-state index contributed by atoms with van der Waals surface area (Å²) in [6.45, 7) is 2.17. The summed E-state index contributed by atoms with van der Waals surface area (Å²) in [7, 11) is 1.36. The summed E-state index contributed by atoms with van der Waals surface area (Å²) in [6.07, 6.45) is 3.74. The Bertz CT molecular complexity index is 1140. The fourth-order valence-electron chi connectivity index (χ4n) is 4.88. The van der Waals surface area contributed by atoms with Crippen molar-refractivity contribution >= 4 is 29.3 Å². The lowest BCUT2D eigenvalue weighted by Gasteiger charge is -2.28. The topological polar surface area (TPSA) is 117 Å². The molecule has 1 aliphatic carbocycles. The van der Waals surface area contributed by atoms with Crippen LogP contribution >= 0.6 is 0 Å². The quantitative estimate of drug-likeness (QED) is 0.567. The highest BCUT2D eigenvalue weighted by Crippen LogP contribution is 2.29. The van der Waals surface area contributed by atoms with Crippen LogP contribution in [-0.4, -0.2) is 68.2 Å². The molecular formula is C27H34FN5O4. The van der Waals surface area contributed by atoms with E-state index in [1.807, 2.05) is 0 Å². The van der Waals surface area contributed by atoms with Crippen LogP contribution in [0, 0.1) is 5.82 Å². The molecule has 1 aliphatic heterocycles. The molecule has 0 atom stereocenters. The molecule has 2 aromatic carbocycles. The van der Waals surface area contributed by atoms with Crippen molar-refractivity contribution in [2.24, 2.45) is 5.73 Å². The minimum atomic E-state index is -0.511. The zero-order valence-corrected chi connectivity index (χ0v) is 21.0. The Balaban J connectivity index is 1.57. The molecule has 9 nitrogen and oxygen atoms in total. The van der Waals surface area contributed by atoms with Gasteiger partial charge in [-0.05, 0) is 68.5 Å². The average molecular weight is 512 g/mol. The zero-order chi connectivity index (χ0) is 26.4. The summed E-state index contributed by atoms with van der Waals surface area (Å²) >= 11 is 0. The number of anilines is 2. The third-order valence-electron chi connectivity index (χ3n) is 6.97. The van der Waals surface area contributed by atoms with Crippen molar-refractivity contribution in [2.45, 2.75) is 44.2 Å². The number of hydrogen-bond acceptors (Lipinski definition) is 6. The number of ether oxygens (including phenoxy) is 1. The maximum Gasteiger partial charge on any atom is 0.409 e. The molecule has 4 rings (SSSR count). The van der Waals surface area contributed by atoms with Crippen molar-refractivity contribution in [3.8, 4) is 0 Å². The fourth-order valence-corrected chi connectivity index (χ4v) is 4.88. The second-order valence-corrected chi connectivity index (χ2v) is 9.58. The Labute approximate surface area is 216 Å². The first kappa shape index (κ1) is 26.4. The molecule has 10 heteroatoms. The molecule has 2 fully saturated rings. The molecule has 0 radical (unpaired) electrons. The molecular weight excluding hydrogens is 477 g/mol. The number of nitrogens with one attached hydrogen (secondary N) is 2. The van der Waals surface area contributed by atoms with Gasteiger partial charge in [0.25, 0.3) is 11.8 Å². The van der Waals surface area contributed by atoms with Crippen molar-refractivity contribution in [2.75, 3.05) is 43.5 Å². The number of benzene rings is 2. The van der Waals surface area contributed by atoms with E-state index in [2.05, 4.69) is 15.5 Å². The van der Waals surface area contributed by atoms with Gasteiger partial charge in [-0.3, -0.25) is 9.59 Å². The monoisotopic (exact) mass is 511 g/mol. The number of nitrogens with zero attached hydrogens (tertiary/aromatic N) is 2.